The second kappa shape index (κ2) is 3.48. The van der Waals surface area contributed by atoms with Crippen LogP contribution in [0.5, 0.6) is 0 Å². The first-order chi connectivity index (χ1) is 7.04. The molecule has 80 valence electrons. The molecule has 1 aliphatic carbocycles. The molecular weight excluding hydrogens is 187 g/mol. The van der Waals surface area contributed by atoms with Crippen LogP contribution in [0.4, 0.5) is 4.39 Å². The summed E-state index contributed by atoms with van der Waals surface area (Å²) in [6.07, 6.45) is 3.32. The van der Waals surface area contributed by atoms with E-state index in [1.807, 2.05) is 13.0 Å². The summed E-state index contributed by atoms with van der Waals surface area (Å²) in [6, 6.07) is 5.16. The van der Waals surface area contributed by atoms with Gasteiger partial charge in [-0.2, -0.15) is 0 Å². The monoisotopic (exact) mass is 204 g/mol. The molecule has 0 N–H and O–H groups in total. The predicted octanol–water partition coefficient (Wildman–Crippen LogP) is 4.00. The highest BCUT2D eigenvalue weighted by molar-refractivity contribution is 5.42. The molecule has 0 aliphatic heterocycles. The molecule has 0 amide bonds. The lowest BCUT2D eigenvalue weighted by Gasteiger charge is -2.36. The summed E-state index contributed by atoms with van der Waals surface area (Å²) in [4.78, 5) is 0. The Bertz CT molecular complexity index is 406. The Hall–Kier alpha value is -1.11. The summed E-state index contributed by atoms with van der Waals surface area (Å²) in [5.41, 5.74) is 3.53. The first-order valence-electron chi connectivity index (χ1n) is 5.49. The Labute approximate surface area is 90.8 Å². The number of halogens is 1. The summed E-state index contributed by atoms with van der Waals surface area (Å²) in [5, 5.41) is 0. The lowest BCUT2D eigenvalue weighted by Crippen LogP contribution is -2.28. The zero-order chi connectivity index (χ0) is 11.1. The van der Waals surface area contributed by atoms with E-state index in [1.54, 1.807) is 12.1 Å². The molecule has 1 unspecified atom stereocenters. The molecule has 0 spiro atoms. The maximum absolute atomic E-state index is 13.3. The molecule has 15 heavy (non-hydrogen) atoms. The average molecular weight is 204 g/mol. The summed E-state index contributed by atoms with van der Waals surface area (Å²) in [6.45, 7) is 8.27. The van der Waals surface area contributed by atoms with E-state index >= 15 is 0 Å². The highest BCUT2D eigenvalue weighted by Gasteiger charge is 2.32. The molecule has 1 aromatic rings. The molecule has 2 rings (SSSR count). The van der Waals surface area contributed by atoms with Crippen molar-refractivity contribution in [2.45, 2.75) is 38.5 Å². The van der Waals surface area contributed by atoms with Crippen LogP contribution in [0.3, 0.4) is 0 Å². The number of allylic oxidation sites excluding steroid dienone is 1. The maximum atomic E-state index is 13.3. The van der Waals surface area contributed by atoms with Crippen LogP contribution in [0.1, 0.15) is 37.8 Å². The minimum absolute atomic E-state index is 0.0321. The van der Waals surface area contributed by atoms with Gasteiger partial charge in [0.2, 0.25) is 0 Å². The van der Waals surface area contributed by atoms with Crippen molar-refractivity contribution in [3.8, 4) is 0 Å². The Kier molecular flexibility index (Phi) is 2.41. The topological polar surface area (TPSA) is 0 Å². The van der Waals surface area contributed by atoms with E-state index in [1.165, 1.54) is 12.0 Å². The van der Waals surface area contributed by atoms with Gasteiger partial charge in [0.15, 0.2) is 0 Å². The molecule has 0 bridgehead atoms. The van der Waals surface area contributed by atoms with Crippen LogP contribution in [0.25, 0.3) is 0 Å². The van der Waals surface area contributed by atoms with E-state index in [2.05, 4.69) is 13.5 Å². The number of rotatable bonds is 1. The Balaban J connectivity index is 2.59. The van der Waals surface area contributed by atoms with E-state index < -0.39 is 0 Å². The van der Waals surface area contributed by atoms with Crippen LogP contribution in [-0.2, 0) is 11.8 Å². The van der Waals surface area contributed by atoms with Crippen molar-refractivity contribution in [1.29, 1.82) is 0 Å². The van der Waals surface area contributed by atoms with E-state index in [0.29, 0.717) is 0 Å². The van der Waals surface area contributed by atoms with Crippen LogP contribution < -0.4 is 0 Å². The molecule has 1 aliphatic rings. The zero-order valence-corrected chi connectivity index (χ0v) is 9.44. The Morgan fingerprint density at radius 2 is 2.20 bits per heavy atom. The third-order valence-corrected chi connectivity index (χ3v) is 3.73. The standard InChI is InChI=1S/C14H17F/c1-10(2)14(3)8-4-5-11-6-7-12(15)9-13(11)14/h6-7,9H,1,4-5,8H2,2-3H3. The lowest BCUT2D eigenvalue weighted by atomic mass is 9.68. The number of hydrogen-bond acceptors (Lipinski definition) is 0. The van der Waals surface area contributed by atoms with Crippen molar-refractivity contribution >= 4 is 0 Å². The van der Waals surface area contributed by atoms with Crippen molar-refractivity contribution < 1.29 is 4.39 Å². The van der Waals surface area contributed by atoms with Crippen LogP contribution in [-0.4, -0.2) is 0 Å². The highest BCUT2D eigenvalue weighted by Crippen LogP contribution is 2.41. The van der Waals surface area contributed by atoms with Crippen LogP contribution in [0.2, 0.25) is 0 Å². The van der Waals surface area contributed by atoms with Gasteiger partial charge < -0.3 is 0 Å². The van der Waals surface area contributed by atoms with Gasteiger partial charge in [0, 0.05) is 5.41 Å². The smallest absolute Gasteiger partial charge is 0.123 e. The fourth-order valence-electron chi connectivity index (χ4n) is 2.49. The van der Waals surface area contributed by atoms with Gasteiger partial charge in [-0.05, 0) is 49.4 Å². The van der Waals surface area contributed by atoms with Crippen LogP contribution >= 0.6 is 0 Å². The molecule has 0 nitrogen and oxygen atoms in total. The van der Waals surface area contributed by atoms with Crippen molar-refractivity contribution in [2.24, 2.45) is 0 Å². The van der Waals surface area contributed by atoms with E-state index in [0.717, 1.165) is 24.0 Å². The second-order valence-corrected chi connectivity index (χ2v) is 4.77. The summed E-state index contributed by atoms with van der Waals surface area (Å²) in [7, 11) is 0. The Morgan fingerprint density at radius 1 is 1.47 bits per heavy atom. The van der Waals surface area contributed by atoms with Gasteiger partial charge in [-0.3, -0.25) is 0 Å². The van der Waals surface area contributed by atoms with Crippen LogP contribution in [0.15, 0.2) is 30.4 Å². The molecule has 0 saturated heterocycles. The highest BCUT2D eigenvalue weighted by atomic mass is 19.1. The van der Waals surface area contributed by atoms with Gasteiger partial charge in [-0.25, -0.2) is 4.39 Å². The van der Waals surface area contributed by atoms with Gasteiger partial charge in [-0.15, -0.1) is 0 Å². The van der Waals surface area contributed by atoms with E-state index in [4.69, 9.17) is 0 Å². The average Bonchev–Trinajstić information content (AvgIpc) is 2.19. The van der Waals surface area contributed by atoms with E-state index in [-0.39, 0.29) is 11.2 Å². The fraction of sp³-hybridized carbons (Fsp3) is 0.429. The third-order valence-electron chi connectivity index (χ3n) is 3.73. The third kappa shape index (κ3) is 1.60. The van der Waals surface area contributed by atoms with Gasteiger partial charge >= 0.3 is 0 Å². The summed E-state index contributed by atoms with van der Waals surface area (Å²) >= 11 is 0. The lowest BCUT2D eigenvalue weighted by molar-refractivity contribution is 0.453. The summed E-state index contributed by atoms with van der Waals surface area (Å²) in [5.74, 6) is -0.136. The quantitative estimate of drug-likeness (QED) is 0.607. The van der Waals surface area contributed by atoms with Crippen LogP contribution in [0, 0.1) is 5.82 Å². The van der Waals surface area contributed by atoms with Gasteiger partial charge in [0.05, 0.1) is 0 Å². The van der Waals surface area contributed by atoms with Crippen molar-refractivity contribution in [2.75, 3.05) is 0 Å². The van der Waals surface area contributed by atoms with Crippen molar-refractivity contribution in [1.82, 2.24) is 0 Å². The molecule has 0 heterocycles. The molecule has 1 heteroatoms. The first kappa shape index (κ1) is 10.4. The SMILES string of the molecule is C=C(C)C1(C)CCCc2ccc(F)cc21. The molecule has 0 aromatic heterocycles. The number of hydrogen-bond donors (Lipinski definition) is 0. The zero-order valence-electron chi connectivity index (χ0n) is 9.44. The number of fused-ring (bicyclic) bond motifs is 1. The molecule has 0 radical (unpaired) electrons. The fourth-order valence-corrected chi connectivity index (χ4v) is 2.49. The second-order valence-electron chi connectivity index (χ2n) is 4.77. The van der Waals surface area contributed by atoms with Gasteiger partial charge in [0.1, 0.15) is 5.82 Å². The molecule has 1 atom stereocenters. The van der Waals surface area contributed by atoms with Gasteiger partial charge in [-0.1, -0.05) is 25.1 Å². The van der Waals surface area contributed by atoms with Crippen molar-refractivity contribution in [3.05, 3.63) is 47.3 Å². The predicted molar refractivity (Wildman–Crippen MR) is 61.5 cm³/mol. The van der Waals surface area contributed by atoms with Crippen molar-refractivity contribution in [3.63, 3.8) is 0 Å². The first-order valence-corrected chi connectivity index (χ1v) is 5.49. The number of aryl methyl sites for hydroxylation is 1. The largest absolute Gasteiger partial charge is 0.207 e. The molecular formula is C14H17F. The number of benzene rings is 1. The maximum Gasteiger partial charge on any atom is 0.123 e. The minimum atomic E-state index is -0.136. The van der Waals surface area contributed by atoms with Gasteiger partial charge in [0.25, 0.3) is 0 Å². The normalized spacial score (nSPS) is 24.7. The minimum Gasteiger partial charge on any atom is -0.207 e. The summed E-state index contributed by atoms with van der Waals surface area (Å²) < 4.78 is 13.3. The molecule has 0 saturated carbocycles. The molecule has 0 fully saturated rings. The molecule has 1 aromatic carbocycles. The van der Waals surface area contributed by atoms with E-state index in [9.17, 15) is 4.39 Å². The Morgan fingerprint density at radius 3 is 2.87 bits per heavy atom.